The van der Waals surface area contributed by atoms with Gasteiger partial charge in [-0.15, -0.1) is 0 Å². The molecule has 1 heterocycles. The topological polar surface area (TPSA) is 38.9 Å². The maximum absolute atomic E-state index is 5.74. The van der Waals surface area contributed by atoms with Crippen molar-refractivity contribution in [2.45, 2.75) is 26.7 Å². The molecule has 3 heteroatoms. The molecule has 1 aromatic rings. The molecule has 1 aromatic heterocycles. The van der Waals surface area contributed by atoms with Gasteiger partial charge < -0.3 is 5.73 Å². The molecule has 14 heavy (non-hydrogen) atoms. The van der Waals surface area contributed by atoms with Crippen LogP contribution in [0, 0.1) is 12.8 Å². The van der Waals surface area contributed by atoms with E-state index < -0.39 is 0 Å². The maximum atomic E-state index is 5.74. The minimum atomic E-state index is 0.363. The molecular formula is C11H17BrN2. The summed E-state index contributed by atoms with van der Waals surface area (Å²) in [5.41, 5.74) is 8.06. The van der Waals surface area contributed by atoms with Crippen LogP contribution >= 0.6 is 15.9 Å². The fourth-order valence-corrected chi connectivity index (χ4v) is 1.72. The zero-order valence-corrected chi connectivity index (χ0v) is 10.5. The highest BCUT2D eigenvalue weighted by Gasteiger charge is 2.15. The Morgan fingerprint density at radius 2 is 2.14 bits per heavy atom. The van der Waals surface area contributed by atoms with E-state index in [1.807, 2.05) is 6.20 Å². The number of halogens is 1. The summed E-state index contributed by atoms with van der Waals surface area (Å²) >= 11 is 3.44. The number of hydrogen-bond donors (Lipinski definition) is 1. The zero-order valence-electron chi connectivity index (χ0n) is 8.92. The molecule has 0 spiro atoms. The van der Waals surface area contributed by atoms with Crippen LogP contribution in [0.15, 0.2) is 16.7 Å². The van der Waals surface area contributed by atoms with Gasteiger partial charge in [0.2, 0.25) is 0 Å². The molecule has 1 rings (SSSR count). The molecule has 0 saturated carbocycles. The molecule has 0 aliphatic rings. The van der Waals surface area contributed by atoms with Gasteiger partial charge >= 0.3 is 0 Å². The molecule has 78 valence electrons. The van der Waals surface area contributed by atoms with Gasteiger partial charge in [-0.1, -0.05) is 13.8 Å². The molecule has 1 atom stereocenters. The fraction of sp³-hybridized carbons (Fsp3) is 0.545. The van der Waals surface area contributed by atoms with Gasteiger partial charge in [-0.2, -0.15) is 0 Å². The van der Waals surface area contributed by atoms with Crippen LogP contribution in [0.5, 0.6) is 0 Å². The number of aryl methyl sites for hydroxylation is 1. The minimum absolute atomic E-state index is 0.363. The average molecular weight is 257 g/mol. The molecule has 0 radical (unpaired) electrons. The standard InChI is InChI=1S/C11H17BrN2/c1-7(2)9(5-13)11-4-8(3)10(12)6-14-11/h4,6-7,9H,5,13H2,1-3H3. The Balaban J connectivity index is 3.00. The van der Waals surface area contributed by atoms with Crippen LogP contribution in [0.2, 0.25) is 0 Å². The summed E-state index contributed by atoms with van der Waals surface area (Å²) in [7, 11) is 0. The van der Waals surface area contributed by atoms with Crippen molar-refractivity contribution in [1.82, 2.24) is 4.98 Å². The predicted molar refractivity (Wildman–Crippen MR) is 63.3 cm³/mol. The highest BCUT2D eigenvalue weighted by molar-refractivity contribution is 9.10. The average Bonchev–Trinajstić information content (AvgIpc) is 2.11. The van der Waals surface area contributed by atoms with Crippen molar-refractivity contribution < 1.29 is 0 Å². The molecule has 0 aliphatic carbocycles. The van der Waals surface area contributed by atoms with E-state index in [9.17, 15) is 0 Å². The number of rotatable bonds is 3. The zero-order chi connectivity index (χ0) is 10.7. The minimum Gasteiger partial charge on any atom is -0.330 e. The number of hydrogen-bond acceptors (Lipinski definition) is 2. The van der Waals surface area contributed by atoms with Gasteiger partial charge in [0.05, 0.1) is 0 Å². The molecule has 2 N–H and O–H groups in total. The molecule has 0 fully saturated rings. The van der Waals surface area contributed by atoms with E-state index in [4.69, 9.17) is 5.73 Å². The lowest BCUT2D eigenvalue weighted by Crippen LogP contribution is -2.19. The van der Waals surface area contributed by atoms with E-state index in [1.165, 1.54) is 5.56 Å². The Morgan fingerprint density at radius 1 is 1.50 bits per heavy atom. The third-order valence-electron chi connectivity index (χ3n) is 2.51. The van der Waals surface area contributed by atoms with Crippen LogP contribution in [-0.2, 0) is 0 Å². The second-order valence-corrected chi connectivity index (χ2v) is 4.80. The molecule has 0 aliphatic heterocycles. The third-order valence-corrected chi connectivity index (χ3v) is 3.34. The first-order chi connectivity index (χ1) is 6.56. The quantitative estimate of drug-likeness (QED) is 0.904. The van der Waals surface area contributed by atoms with Crippen LogP contribution < -0.4 is 5.73 Å². The Kier molecular flexibility index (Phi) is 4.08. The largest absolute Gasteiger partial charge is 0.330 e. The van der Waals surface area contributed by atoms with Crippen molar-refractivity contribution in [1.29, 1.82) is 0 Å². The number of nitrogens with two attached hydrogens (primary N) is 1. The first kappa shape index (κ1) is 11.7. The van der Waals surface area contributed by atoms with Gasteiger partial charge in [-0.25, -0.2) is 0 Å². The summed E-state index contributed by atoms with van der Waals surface area (Å²) < 4.78 is 1.06. The maximum Gasteiger partial charge on any atom is 0.0453 e. The number of pyridine rings is 1. The van der Waals surface area contributed by atoms with Crippen molar-refractivity contribution in [2.75, 3.05) is 6.54 Å². The van der Waals surface area contributed by atoms with Crippen LogP contribution in [0.3, 0.4) is 0 Å². The summed E-state index contributed by atoms with van der Waals surface area (Å²) in [6.45, 7) is 7.09. The van der Waals surface area contributed by atoms with Crippen LogP contribution in [-0.4, -0.2) is 11.5 Å². The Morgan fingerprint density at radius 3 is 2.57 bits per heavy atom. The first-order valence-corrected chi connectivity index (χ1v) is 5.67. The summed E-state index contributed by atoms with van der Waals surface area (Å²) in [5, 5.41) is 0. The van der Waals surface area contributed by atoms with E-state index in [0.717, 1.165) is 10.2 Å². The molecule has 0 amide bonds. The van der Waals surface area contributed by atoms with Crippen molar-refractivity contribution in [3.05, 3.63) is 28.0 Å². The normalized spacial score (nSPS) is 13.3. The van der Waals surface area contributed by atoms with Crippen LogP contribution in [0.4, 0.5) is 0 Å². The Bertz CT molecular complexity index is 310. The highest BCUT2D eigenvalue weighted by Crippen LogP contribution is 2.24. The first-order valence-electron chi connectivity index (χ1n) is 4.88. The smallest absolute Gasteiger partial charge is 0.0453 e. The van der Waals surface area contributed by atoms with Gasteiger partial charge in [-0.05, 0) is 40.4 Å². The van der Waals surface area contributed by atoms with E-state index in [1.54, 1.807) is 0 Å². The van der Waals surface area contributed by atoms with Gasteiger partial charge in [0, 0.05) is 28.8 Å². The summed E-state index contributed by atoms with van der Waals surface area (Å²) in [5.74, 6) is 0.898. The van der Waals surface area contributed by atoms with Gasteiger partial charge in [0.15, 0.2) is 0 Å². The van der Waals surface area contributed by atoms with Crippen LogP contribution in [0.25, 0.3) is 0 Å². The third kappa shape index (κ3) is 2.55. The monoisotopic (exact) mass is 256 g/mol. The molecule has 1 unspecified atom stereocenters. The van der Waals surface area contributed by atoms with Crippen LogP contribution in [0.1, 0.15) is 31.0 Å². The molecule has 2 nitrogen and oxygen atoms in total. The molecule has 0 aromatic carbocycles. The number of aromatic nitrogens is 1. The van der Waals surface area contributed by atoms with Gasteiger partial charge in [-0.3, -0.25) is 4.98 Å². The second kappa shape index (κ2) is 4.89. The lowest BCUT2D eigenvalue weighted by Gasteiger charge is -2.18. The highest BCUT2D eigenvalue weighted by atomic mass is 79.9. The van der Waals surface area contributed by atoms with E-state index in [-0.39, 0.29) is 0 Å². The van der Waals surface area contributed by atoms with Gasteiger partial charge in [0.25, 0.3) is 0 Å². The lowest BCUT2D eigenvalue weighted by atomic mass is 9.92. The molecule has 0 bridgehead atoms. The van der Waals surface area contributed by atoms with Crippen molar-refractivity contribution >= 4 is 15.9 Å². The van der Waals surface area contributed by atoms with Crippen molar-refractivity contribution in [3.63, 3.8) is 0 Å². The molecular weight excluding hydrogens is 240 g/mol. The SMILES string of the molecule is Cc1cc(C(CN)C(C)C)ncc1Br. The van der Waals surface area contributed by atoms with Gasteiger partial charge in [0.1, 0.15) is 0 Å². The summed E-state index contributed by atoms with van der Waals surface area (Å²) in [6.07, 6.45) is 1.86. The second-order valence-electron chi connectivity index (χ2n) is 3.94. The fourth-order valence-electron chi connectivity index (χ4n) is 1.50. The summed E-state index contributed by atoms with van der Waals surface area (Å²) in [6, 6.07) is 2.11. The van der Waals surface area contributed by atoms with Crippen molar-refractivity contribution in [2.24, 2.45) is 11.7 Å². The predicted octanol–water partition coefficient (Wildman–Crippen LogP) is 2.85. The van der Waals surface area contributed by atoms with E-state index in [0.29, 0.717) is 18.4 Å². The van der Waals surface area contributed by atoms with E-state index in [2.05, 4.69) is 47.8 Å². The van der Waals surface area contributed by atoms with E-state index >= 15 is 0 Å². The summed E-state index contributed by atoms with van der Waals surface area (Å²) in [4.78, 5) is 4.40. The van der Waals surface area contributed by atoms with Crippen molar-refractivity contribution in [3.8, 4) is 0 Å². The Labute approximate surface area is 94.0 Å². The number of nitrogens with zero attached hydrogens (tertiary/aromatic N) is 1. The molecule has 0 saturated heterocycles. The lowest BCUT2D eigenvalue weighted by molar-refractivity contribution is 0.495. The Hall–Kier alpha value is -0.410.